The van der Waals surface area contributed by atoms with Crippen LogP contribution in [0.1, 0.15) is 51.0 Å². The third-order valence-corrected chi connectivity index (χ3v) is 4.06. The molecule has 1 aliphatic heterocycles. The monoisotopic (exact) mass is 364 g/mol. The number of aromatic nitrogens is 3. The molecule has 0 N–H and O–H groups in total. The van der Waals surface area contributed by atoms with Gasteiger partial charge in [-0.15, -0.1) is 0 Å². The summed E-state index contributed by atoms with van der Waals surface area (Å²) in [6.07, 6.45) is 15.4. The van der Waals surface area contributed by atoms with Gasteiger partial charge in [0.25, 0.3) is 5.91 Å². The van der Waals surface area contributed by atoms with Crippen molar-refractivity contribution in [3.05, 3.63) is 78.1 Å². The van der Waals surface area contributed by atoms with Gasteiger partial charge in [0.05, 0.1) is 11.9 Å². The lowest BCUT2D eigenvalue weighted by atomic mass is 10.2. The fourth-order valence-electron chi connectivity index (χ4n) is 2.91. The van der Waals surface area contributed by atoms with Crippen molar-refractivity contribution in [3.8, 4) is 5.69 Å². The smallest absolute Gasteiger partial charge is 0.278 e. The van der Waals surface area contributed by atoms with Crippen LogP contribution in [0.4, 0.5) is 0 Å². The number of nitrogens with zero attached hydrogens (tertiary/aromatic N) is 4. The molecule has 142 valence electrons. The van der Waals surface area contributed by atoms with E-state index in [9.17, 15) is 4.79 Å². The molecular formula is C22H28N4O. The molecule has 27 heavy (non-hydrogen) atoms. The average Bonchev–Trinajstić information content (AvgIpc) is 3.33. The number of hydrogen-bond donors (Lipinski definition) is 0. The molecule has 2 aromatic heterocycles. The van der Waals surface area contributed by atoms with Crippen LogP contribution in [0.3, 0.4) is 0 Å². The van der Waals surface area contributed by atoms with Crippen molar-refractivity contribution >= 4 is 5.91 Å². The Balaban J connectivity index is 0.000000614. The van der Waals surface area contributed by atoms with Gasteiger partial charge in [0.1, 0.15) is 0 Å². The molecule has 1 aliphatic carbocycles. The second-order valence-electron chi connectivity index (χ2n) is 5.51. The summed E-state index contributed by atoms with van der Waals surface area (Å²) in [7, 11) is 0. The van der Waals surface area contributed by atoms with Crippen LogP contribution in [-0.2, 0) is 0 Å². The maximum absolute atomic E-state index is 12.8. The molecule has 0 fully saturated rings. The summed E-state index contributed by atoms with van der Waals surface area (Å²) in [5.41, 5.74) is 3.51. The highest BCUT2D eigenvalue weighted by molar-refractivity contribution is 5.94. The number of pyridine rings is 1. The van der Waals surface area contributed by atoms with Crippen LogP contribution in [0, 0.1) is 0 Å². The third kappa shape index (κ3) is 4.61. The number of amides is 1. The molecule has 0 bridgehead atoms. The normalized spacial score (nSPS) is 14.6. The Bertz CT molecular complexity index is 831. The lowest BCUT2D eigenvalue weighted by Crippen LogP contribution is -2.27. The Labute approximate surface area is 161 Å². The van der Waals surface area contributed by atoms with E-state index in [0.29, 0.717) is 12.2 Å². The van der Waals surface area contributed by atoms with E-state index in [4.69, 9.17) is 0 Å². The number of carbonyl (C=O) groups is 1. The molecule has 0 atom stereocenters. The maximum Gasteiger partial charge on any atom is 0.278 e. The summed E-state index contributed by atoms with van der Waals surface area (Å²) < 4.78 is 1.68. The molecule has 4 rings (SSSR count). The van der Waals surface area contributed by atoms with Gasteiger partial charge in [-0.05, 0) is 42.7 Å². The molecule has 0 unspecified atom stereocenters. The number of carbonyl (C=O) groups excluding carboxylic acids is 1. The first kappa shape index (κ1) is 20.4. The Kier molecular flexibility index (Phi) is 7.74. The lowest BCUT2D eigenvalue weighted by Gasteiger charge is -2.17. The van der Waals surface area contributed by atoms with Crippen molar-refractivity contribution in [1.82, 2.24) is 19.7 Å². The van der Waals surface area contributed by atoms with Gasteiger partial charge in [-0.25, -0.2) is 4.68 Å². The van der Waals surface area contributed by atoms with Gasteiger partial charge >= 0.3 is 0 Å². The number of rotatable bonds is 2. The zero-order valence-electron chi connectivity index (χ0n) is 16.6. The molecule has 1 amide bonds. The Morgan fingerprint density at radius 2 is 1.85 bits per heavy atom. The first-order chi connectivity index (χ1) is 13.3. The maximum atomic E-state index is 12.8. The van der Waals surface area contributed by atoms with E-state index >= 15 is 0 Å². The van der Waals surface area contributed by atoms with Crippen molar-refractivity contribution in [3.63, 3.8) is 0 Å². The second-order valence-corrected chi connectivity index (χ2v) is 5.51. The van der Waals surface area contributed by atoms with Gasteiger partial charge in [0, 0.05) is 24.6 Å². The molecule has 0 saturated heterocycles. The standard InChI is InChI=1S/C18H16N4O.2C2H6/c23-18(21-11-8-14-5-2-1-3-7-17(14)21)16-9-12-22(20-16)15-6-4-10-19-13-15;2*1-2/h2-7,9-10,12-13H,1,8,11H2;2*1-2H3. The van der Waals surface area contributed by atoms with E-state index in [-0.39, 0.29) is 5.91 Å². The van der Waals surface area contributed by atoms with E-state index in [1.807, 2.05) is 50.8 Å². The van der Waals surface area contributed by atoms with E-state index in [2.05, 4.69) is 28.3 Å². The van der Waals surface area contributed by atoms with Crippen LogP contribution in [-0.4, -0.2) is 32.1 Å². The minimum atomic E-state index is -0.0578. The van der Waals surface area contributed by atoms with Crippen molar-refractivity contribution < 1.29 is 4.79 Å². The van der Waals surface area contributed by atoms with Gasteiger partial charge in [-0.3, -0.25) is 9.78 Å². The summed E-state index contributed by atoms with van der Waals surface area (Å²) in [6.45, 7) is 8.71. The van der Waals surface area contributed by atoms with Crippen LogP contribution in [0.5, 0.6) is 0 Å². The summed E-state index contributed by atoms with van der Waals surface area (Å²) >= 11 is 0. The largest absolute Gasteiger partial charge is 0.306 e. The van der Waals surface area contributed by atoms with Gasteiger partial charge < -0.3 is 4.90 Å². The van der Waals surface area contributed by atoms with E-state index < -0.39 is 0 Å². The lowest BCUT2D eigenvalue weighted by molar-refractivity contribution is 0.0817. The second kappa shape index (κ2) is 10.3. The van der Waals surface area contributed by atoms with Gasteiger partial charge in [0.2, 0.25) is 0 Å². The SMILES string of the molecule is CC.CC.O=C(c1ccn(-c2cccnc2)n1)N1CCC2=C1C=CCC=C2. The number of hydrogen-bond acceptors (Lipinski definition) is 3. The predicted octanol–water partition coefficient (Wildman–Crippen LogP) is 4.94. The number of allylic oxidation sites excluding steroid dienone is 4. The van der Waals surface area contributed by atoms with E-state index in [1.165, 1.54) is 5.57 Å². The summed E-state index contributed by atoms with van der Waals surface area (Å²) in [5, 5.41) is 4.41. The first-order valence-electron chi connectivity index (χ1n) is 9.67. The zero-order valence-corrected chi connectivity index (χ0v) is 16.6. The van der Waals surface area contributed by atoms with Gasteiger partial charge in [-0.2, -0.15) is 5.10 Å². The Hall–Kier alpha value is -2.95. The van der Waals surface area contributed by atoms with E-state index in [1.54, 1.807) is 29.3 Å². The van der Waals surface area contributed by atoms with Crippen molar-refractivity contribution in [2.45, 2.75) is 40.5 Å². The molecule has 5 nitrogen and oxygen atoms in total. The van der Waals surface area contributed by atoms with Crippen molar-refractivity contribution in [2.24, 2.45) is 0 Å². The molecule has 3 heterocycles. The summed E-state index contributed by atoms with van der Waals surface area (Å²) in [6, 6.07) is 5.51. The van der Waals surface area contributed by atoms with Gasteiger partial charge in [-0.1, -0.05) is 45.9 Å². The van der Waals surface area contributed by atoms with E-state index in [0.717, 1.165) is 24.2 Å². The first-order valence-corrected chi connectivity index (χ1v) is 9.67. The highest BCUT2D eigenvalue weighted by atomic mass is 16.2. The molecule has 0 spiro atoms. The fraction of sp³-hybridized carbons (Fsp3) is 0.318. The van der Waals surface area contributed by atoms with Crippen molar-refractivity contribution in [1.29, 1.82) is 0 Å². The molecule has 5 heteroatoms. The van der Waals surface area contributed by atoms with Crippen molar-refractivity contribution in [2.75, 3.05) is 6.54 Å². The Morgan fingerprint density at radius 1 is 1.07 bits per heavy atom. The predicted molar refractivity (Wildman–Crippen MR) is 110 cm³/mol. The molecule has 0 saturated carbocycles. The van der Waals surface area contributed by atoms with Crippen LogP contribution in [0.15, 0.2) is 72.4 Å². The topological polar surface area (TPSA) is 51.0 Å². The fourth-order valence-corrected chi connectivity index (χ4v) is 2.91. The zero-order chi connectivity index (χ0) is 19.6. The molecule has 0 aromatic carbocycles. The average molecular weight is 364 g/mol. The van der Waals surface area contributed by atoms with Crippen LogP contribution in [0.2, 0.25) is 0 Å². The summed E-state index contributed by atoms with van der Waals surface area (Å²) in [4.78, 5) is 18.7. The van der Waals surface area contributed by atoms with Crippen LogP contribution in [0.25, 0.3) is 5.69 Å². The molecule has 2 aromatic rings. The molecular weight excluding hydrogens is 336 g/mol. The minimum Gasteiger partial charge on any atom is -0.306 e. The molecule has 2 aliphatic rings. The molecule has 0 radical (unpaired) electrons. The minimum absolute atomic E-state index is 0.0578. The summed E-state index contributed by atoms with van der Waals surface area (Å²) in [5.74, 6) is -0.0578. The van der Waals surface area contributed by atoms with Gasteiger partial charge in [0.15, 0.2) is 5.69 Å². The van der Waals surface area contributed by atoms with Crippen LogP contribution < -0.4 is 0 Å². The third-order valence-electron chi connectivity index (χ3n) is 4.06. The quantitative estimate of drug-likeness (QED) is 0.759. The Morgan fingerprint density at radius 3 is 2.59 bits per heavy atom. The highest BCUT2D eigenvalue weighted by Crippen LogP contribution is 2.28. The highest BCUT2D eigenvalue weighted by Gasteiger charge is 2.27. The van der Waals surface area contributed by atoms with Crippen LogP contribution >= 0.6 is 0 Å².